The summed E-state index contributed by atoms with van der Waals surface area (Å²) in [5, 5.41) is 0. The lowest BCUT2D eigenvalue weighted by atomic mass is 9.43. The molecule has 0 heterocycles. The lowest BCUT2D eigenvalue weighted by Crippen LogP contribution is -2.54. The summed E-state index contributed by atoms with van der Waals surface area (Å²) >= 11 is 0. The molecule has 138 valence electrons. The van der Waals surface area contributed by atoms with Gasteiger partial charge in [-0.15, -0.1) is 0 Å². The zero-order chi connectivity index (χ0) is 17.7. The number of fused-ring (bicyclic) bond motifs is 3. The van der Waals surface area contributed by atoms with Crippen molar-refractivity contribution in [2.24, 2.45) is 46.3 Å². The molecule has 0 aromatic rings. The molecule has 0 radical (unpaired) electrons. The quantitative estimate of drug-likeness (QED) is 0.460. The van der Waals surface area contributed by atoms with E-state index in [0.29, 0.717) is 10.8 Å². The Balaban J connectivity index is 1.83. The van der Waals surface area contributed by atoms with Gasteiger partial charge in [0.25, 0.3) is 0 Å². The van der Waals surface area contributed by atoms with Gasteiger partial charge >= 0.3 is 0 Å². The van der Waals surface area contributed by atoms with Crippen LogP contribution in [0.5, 0.6) is 0 Å². The van der Waals surface area contributed by atoms with Gasteiger partial charge in [0, 0.05) is 0 Å². The van der Waals surface area contributed by atoms with Crippen molar-refractivity contribution in [2.75, 3.05) is 0 Å². The highest BCUT2D eigenvalue weighted by Crippen LogP contribution is 2.64. The molecule has 0 N–H and O–H groups in total. The molecule has 0 aliphatic heterocycles. The predicted molar refractivity (Wildman–Crippen MR) is 106 cm³/mol. The van der Waals surface area contributed by atoms with Crippen molar-refractivity contribution in [3.63, 3.8) is 0 Å². The van der Waals surface area contributed by atoms with Gasteiger partial charge in [0.2, 0.25) is 0 Å². The van der Waals surface area contributed by atoms with Crippen molar-refractivity contribution in [1.29, 1.82) is 0 Å². The third-order valence-corrected chi connectivity index (χ3v) is 9.76. The lowest BCUT2D eigenvalue weighted by Gasteiger charge is -2.62. The molecule has 6 unspecified atom stereocenters. The Morgan fingerprint density at radius 2 is 1.75 bits per heavy atom. The second kappa shape index (κ2) is 6.48. The maximum Gasteiger partial charge on any atom is -0.0260 e. The fourth-order valence-corrected chi connectivity index (χ4v) is 7.28. The summed E-state index contributed by atoms with van der Waals surface area (Å²) in [6, 6.07) is 0. The first-order chi connectivity index (χ1) is 11.2. The number of allylic oxidation sites excluding steroid dienone is 2. The largest absolute Gasteiger partial charge is 0.0884 e. The monoisotopic (exact) mass is 330 g/mol. The van der Waals surface area contributed by atoms with E-state index in [1.807, 2.05) is 0 Å². The second-order valence-corrected chi connectivity index (χ2v) is 10.6. The first-order valence-electron chi connectivity index (χ1n) is 10.9. The zero-order valence-electron chi connectivity index (χ0n) is 17.5. The van der Waals surface area contributed by atoms with E-state index in [-0.39, 0.29) is 0 Å². The van der Waals surface area contributed by atoms with Gasteiger partial charge in [-0.25, -0.2) is 0 Å². The van der Waals surface area contributed by atoms with E-state index in [4.69, 9.17) is 0 Å². The molecule has 0 nitrogen and oxygen atoms in total. The summed E-state index contributed by atoms with van der Waals surface area (Å²) in [5.74, 6) is 5.51. The lowest BCUT2D eigenvalue weighted by molar-refractivity contribution is -0.119. The van der Waals surface area contributed by atoms with Crippen molar-refractivity contribution in [1.82, 2.24) is 0 Å². The molecular weight excluding hydrogens is 288 g/mol. The Kier molecular flexibility index (Phi) is 5.00. The van der Waals surface area contributed by atoms with Crippen molar-refractivity contribution in [3.05, 3.63) is 11.6 Å². The molecule has 7 atom stereocenters. The number of rotatable bonds is 2. The van der Waals surface area contributed by atoms with E-state index >= 15 is 0 Å². The zero-order valence-corrected chi connectivity index (χ0v) is 17.5. The van der Waals surface area contributed by atoms with Gasteiger partial charge in [-0.1, -0.05) is 53.2 Å². The third kappa shape index (κ3) is 2.71. The normalized spacial score (nSPS) is 48.9. The topological polar surface area (TPSA) is 0 Å². The molecule has 3 rings (SSSR count). The third-order valence-electron chi connectivity index (χ3n) is 9.76. The van der Waals surface area contributed by atoms with Gasteiger partial charge in [0.1, 0.15) is 0 Å². The summed E-state index contributed by atoms with van der Waals surface area (Å²) in [4.78, 5) is 0. The van der Waals surface area contributed by atoms with Gasteiger partial charge < -0.3 is 0 Å². The molecule has 0 bridgehead atoms. The van der Waals surface area contributed by atoms with E-state index in [2.05, 4.69) is 54.5 Å². The molecular formula is C24H42. The fraction of sp³-hybridized carbons (Fsp3) is 0.917. The van der Waals surface area contributed by atoms with Crippen LogP contribution in [0.1, 0.15) is 93.4 Å². The molecule has 0 heteroatoms. The van der Waals surface area contributed by atoms with Crippen LogP contribution in [-0.4, -0.2) is 0 Å². The summed E-state index contributed by atoms with van der Waals surface area (Å²) in [5.41, 5.74) is 2.94. The van der Waals surface area contributed by atoms with Crippen molar-refractivity contribution in [2.45, 2.75) is 93.4 Å². The van der Waals surface area contributed by atoms with E-state index < -0.39 is 0 Å². The summed E-state index contributed by atoms with van der Waals surface area (Å²) in [6.45, 7) is 17.6. The van der Waals surface area contributed by atoms with Gasteiger partial charge in [0.15, 0.2) is 0 Å². The Labute approximate surface area is 151 Å². The van der Waals surface area contributed by atoms with E-state index in [0.717, 1.165) is 35.5 Å². The molecule has 0 aromatic heterocycles. The Morgan fingerprint density at radius 1 is 1.04 bits per heavy atom. The minimum absolute atomic E-state index is 0.557. The Bertz CT molecular complexity index is 486. The van der Waals surface area contributed by atoms with E-state index in [1.54, 1.807) is 5.57 Å². The maximum atomic E-state index is 2.68. The predicted octanol–water partition coefficient (Wildman–Crippen LogP) is 7.49. The van der Waals surface area contributed by atoms with Crippen LogP contribution in [-0.2, 0) is 0 Å². The minimum atomic E-state index is 0.557. The number of hydrogen-bond acceptors (Lipinski definition) is 0. The van der Waals surface area contributed by atoms with Crippen LogP contribution in [0.4, 0.5) is 0 Å². The van der Waals surface area contributed by atoms with E-state index in [1.165, 1.54) is 44.9 Å². The first-order valence-corrected chi connectivity index (χ1v) is 10.9. The van der Waals surface area contributed by atoms with Crippen LogP contribution in [0.25, 0.3) is 0 Å². The van der Waals surface area contributed by atoms with Crippen LogP contribution in [0.3, 0.4) is 0 Å². The average molecular weight is 331 g/mol. The highest BCUT2D eigenvalue weighted by Gasteiger charge is 2.56. The fourth-order valence-electron chi connectivity index (χ4n) is 7.28. The molecule has 0 amide bonds. The van der Waals surface area contributed by atoms with Crippen LogP contribution < -0.4 is 0 Å². The van der Waals surface area contributed by atoms with Gasteiger partial charge in [-0.05, 0) is 98.2 Å². The summed E-state index contributed by atoms with van der Waals surface area (Å²) < 4.78 is 0. The van der Waals surface area contributed by atoms with Gasteiger partial charge in [0.05, 0.1) is 0 Å². The van der Waals surface area contributed by atoms with Crippen LogP contribution >= 0.6 is 0 Å². The summed E-state index contributed by atoms with van der Waals surface area (Å²) in [7, 11) is 0. The highest BCUT2D eigenvalue weighted by molar-refractivity contribution is 5.13. The van der Waals surface area contributed by atoms with Crippen molar-refractivity contribution < 1.29 is 0 Å². The Morgan fingerprint density at radius 3 is 2.38 bits per heavy atom. The molecule has 3 aliphatic rings. The maximum absolute atomic E-state index is 2.68. The van der Waals surface area contributed by atoms with Crippen LogP contribution in [0, 0.1) is 46.3 Å². The van der Waals surface area contributed by atoms with Crippen LogP contribution in [0.15, 0.2) is 11.6 Å². The number of hydrogen-bond donors (Lipinski definition) is 0. The van der Waals surface area contributed by atoms with E-state index in [9.17, 15) is 0 Å². The smallest absolute Gasteiger partial charge is 0.0260 e. The molecule has 0 saturated heterocycles. The molecule has 3 aliphatic carbocycles. The van der Waals surface area contributed by atoms with Crippen molar-refractivity contribution >= 4 is 0 Å². The molecule has 3 fully saturated rings. The second-order valence-electron chi connectivity index (χ2n) is 10.6. The standard InChI is InChI=1S/C24H42/c1-8-19-11-13-24(7)20(15-19)9-10-21-18(5)23(6,14-12-22(21)24)17(4)16(2)3/h8,16-18,20-22H,9-15H2,1-7H3/b19-8-/t17?,18?,20?,21?,22?,23?,24-/m0/s1. The first kappa shape index (κ1) is 18.5. The highest BCUT2D eigenvalue weighted by atomic mass is 14.6. The molecule has 24 heavy (non-hydrogen) atoms. The Hall–Kier alpha value is -0.260. The van der Waals surface area contributed by atoms with Gasteiger partial charge in [-0.2, -0.15) is 0 Å². The molecule has 0 aromatic carbocycles. The summed E-state index contributed by atoms with van der Waals surface area (Å²) in [6.07, 6.45) is 12.6. The molecule has 3 saturated carbocycles. The average Bonchev–Trinajstić information content (AvgIpc) is 2.56. The molecule has 0 spiro atoms. The SMILES string of the molecule is C/C=C1/CC[C@@]2(C)C(CCC3C(C)C(C)(C(C)C(C)C)CCC32)C1. The van der Waals surface area contributed by atoms with Crippen molar-refractivity contribution in [3.8, 4) is 0 Å². The van der Waals surface area contributed by atoms with Gasteiger partial charge in [-0.3, -0.25) is 0 Å². The van der Waals surface area contributed by atoms with Crippen LogP contribution in [0.2, 0.25) is 0 Å². The minimum Gasteiger partial charge on any atom is -0.0884 e.